The first-order valence-corrected chi connectivity index (χ1v) is 4.92. The normalized spacial score (nSPS) is 18.7. The average Bonchev–Trinajstić information content (AvgIpc) is 2.61. The summed E-state index contributed by atoms with van der Waals surface area (Å²) >= 11 is 0. The van der Waals surface area contributed by atoms with Gasteiger partial charge in [-0.3, -0.25) is 0 Å². The van der Waals surface area contributed by atoms with E-state index in [0.29, 0.717) is 6.42 Å². The van der Waals surface area contributed by atoms with Crippen molar-refractivity contribution >= 4 is 0 Å². The van der Waals surface area contributed by atoms with E-state index in [4.69, 9.17) is 0 Å². The third kappa shape index (κ3) is 2.73. The van der Waals surface area contributed by atoms with Gasteiger partial charge in [-0.25, -0.2) is 0 Å². The molecule has 0 N–H and O–H groups in total. The van der Waals surface area contributed by atoms with Crippen LogP contribution in [0.2, 0.25) is 0 Å². The number of nitrogens with zero attached hydrogens (tertiary/aromatic N) is 4. The summed E-state index contributed by atoms with van der Waals surface area (Å²) in [6.45, 7) is 1.99. The van der Waals surface area contributed by atoms with E-state index in [-0.39, 0.29) is 6.42 Å². The zero-order valence-corrected chi connectivity index (χ0v) is 8.46. The van der Waals surface area contributed by atoms with Gasteiger partial charge in [-0.1, -0.05) is 26.2 Å². The highest BCUT2D eigenvalue weighted by molar-refractivity contribution is 4.92. The van der Waals surface area contributed by atoms with Crippen LogP contribution < -0.4 is 0 Å². The van der Waals surface area contributed by atoms with Gasteiger partial charge in [-0.2, -0.15) is 13.2 Å². The van der Waals surface area contributed by atoms with Crippen molar-refractivity contribution in [2.75, 3.05) is 0 Å². The van der Waals surface area contributed by atoms with Crippen LogP contribution in [-0.2, 0) is 0 Å². The van der Waals surface area contributed by atoms with Crippen LogP contribution in [0.4, 0.5) is 13.2 Å². The van der Waals surface area contributed by atoms with E-state index in [0.717, 1.165) is 19.3 Å². The van der Waals surface area contributed by atoms with E-state index in [1.54, 1.807) is 0 Å². The molecule has 0 spiro atoms. The molecule has 0 aliphatic carbocycles. The van der Waals surface area contributed by atoms with Gasteiger partial charge in [0.25, 0.3) is 5.66 Å². The molecule has 0 saturated carbocycles. The predicted molar refractivity (Wildman–Crippen MR) is 47.3 cm³/mol. The molecule has 0 amide bonds. The van der Waals surface area contributed by atoms with E-state index < -0.39 is 11.8 Å². The van der Waals surface area contributed by atoms with Crippen LogP contribution in [0.25, 0.3) is 0 Å². The maximum Gasteiger partial charge on any atom is 0.437 e. The molecular weight excluding hydrogens is 209 g/mol. The number of hydrogen-bond acceptors (Lipinski definition) is 4. The molecule has 86 valence electrons. The van der Waals surface area contributed by atoms with Gasteiger partial charge in [0, 0.05) is 6.42 Å². The maximum atomic E-state index is 12.6. The van der Waals surface area contributed by atoms with Crippen LogP contribution >= 0.6 is 0 Å². The Labute approximate surface area is 85.6 Å². The first kappa shape index (κ1) is 12.1. The molecule has 0 aromatic carbocycles. The molecule has 1 aliphatic heterocycles. The van der Waals surface area contributed by atoms with Crippen LogP contribution in [0, 0.1) is 0 Å². The molecule has 7 heteroatoms. The fraction of sp³-hybridized carbons (Fsp3) is 1.00. The molecule has 1 rings (SSSR count). The monoisotopic (exact) mass is 222 g/mol. The molecule has 1 heterocycles. The molecule has 0 aromatic heterocycles. The van der Waals surface area contributed by atoms with Gasteiger partial charge in [-0.05, 0) is 16.9 Å². The van der Waals surface area contributed by atoms with E-state index >= 15 is 0 Å². The summed E-state index contributed by atoms with van der Waals surface area (Å²) in [5.74, 6) is 0. The van der Waals surface area contributed by atoms with Crippen LogP contribution in [0.5, 0.6) is 0 Å². The lowest BCUT2D eigenvalue weighted by Crippen LogP contribution is -2.40. The Bertz CT molecular complexity index is 247. The summed E-state index contributed by atoms with van der Waals surface area (Å²) in [7, 11) is 0. The Morgan fingerprint density at radius 1 is 1.00 bits per heavy atom. The summed E-state index contributed by atoms with van der Waals surface area (Å²) in [4.78, 5) is 0. The van der Waals surface area contributed by atoms with Crippen molar-refractivity contribution in [1.82, 2.24) is 0 Å². The quantitative estimate of drug-likeness (QED) is 0.630. The summed E-state index contributed by atoms with van der Waals surface area (Å²) in [5.41, 5.74) is -2.40. The lowest BCUT2D eigenvalue weighted by atomic mass is 10.0. The second kappa shape index (κ2) is 4.67. The fourth-order valence-electron chi connectivity index (χ4n) is 1.36. The minimum atomic E-state index is -4.50. The summed E-state index contributed by atoms with van der Waals surface area (Å²) in [5, 5.41) is 12.1. The van der Waals surface area contributed by atoms with E-state index in [2.05, 4.69) is 20.7 Å². The first-order chi connectivity index (χ1) is 7.02. The topological polar surface area (TPSA) is 49.4 Å². The fourth-order valence-corrected chi connectivity index (χ4v) is 1.36. The Morgan fingerprint density at radius 3 is 2.07 bits per heavy atom. The van der Waals surface area contributed by atoms with Crippen LogP contribution in [0.15, 0.2) is 20.7 Å². The van der Waals surface area contributed by atoms with E-state index in [9.17, 15) is 13.2 Å². The van der Waals surface area contributed by atoms with Crippen molar-refractivity contribution < 1.29 is 13.2 Å². The highest BCUT2D eigenvalue weighted by atomic mass is 19.4. The van der Waals surface area contributed by atoms with Gasteiger partial charge in [-0.15, -0.1) is 10.2 Å². The van der Waals surface area contributed by atoms with Crippen molar-refractivity contribution in [3.8, 4) is 0 Å². The second-order valence-electron chi connectivity index (χ2n) is 3.50. The summed E-state index contributed by atoms with van der Waals surface area (Å²) in [6.07, 6.45) is -1.58. The molecule has 0 radical (unpaired) electrons. The molecule has 0 fully saturated rings. The lowest BCUT2D eigenvalue weighted by Gasteiger charge is -2.22. The number of rotatable bonds is 5. The van der Waals surface area contributed by atoms with E-state index in [1.807, 2.05) is 6.92 Å². The first-order valence-electron chi connectivity index (χ1n) is 4.92. The number of hydrogen-bond donors (Lipinski definition) is 0. The number of unbranched alkanes of at least 4 members (excludes halogenated alkanes) is 3. The van der Waals surface area contributed by atoms with Crippen molar-refractivity contribution in [2.45, 2.75) is 50.9 Å². The van der Waals surface area contributed by atoms with Crippen LogP contribution in [0.3, 0.4) is 0 Å². The SMILES string of the molecule is CCCCCCC1(C(F)(F)F)N=NN=N1. The Morgan fingerprint density at radius 2 is 1.60 bits per heavy atom. The van der Waals surface area contributed by atoms with E-state index in [1.165, 1.54) is 0 Å². The third-order valence-corrected chi connectivity index (χ3v) is 2.29. The molecular formula is C8H13F3N4. The predicted octanol–water partition coefficient (Wildman–Crippen LogP) is 4.05. The standard InChI is InChI=1S/C8H13F3N4/c1-2-3-4-5-6-7(8(9,10)11)12-14-15-13-7/h2-6H2,1H3. The van der Waals surface area contributed by atoms with Gasteiger partial charge < -0.3 is 0 Å². The molecule has 15 heavy (non-hydrogen) atoms. The summed E-state index contributed by atoms with van der Waals surface area (Å²) < 4.78 is 37.9. The Hall–Kier alpha value is -1.01. The largest absolute Gasteiger partial charge is 0.437 e. The smallest absolute Gasteiger partial charge is 0.166 e. The molecule has 1 aliphatic rings. The van der Waals surface area contributed by atoms with Crippen molar-refractivity contribution in [1.29, 1.82) is 0 Å². The van der Waals surface area contributed by atoms with Crippen molar-refractivity contribution in [3.05, 3.63) is 0 Å². The molecule has 0 unspecified atom stereocenters. The third-order valence-electron chi connectivity index (χ3n) is 2.29. The van der Waals surface area contributed by atoms with Gasteiger partial charge in [0.2, 0.25) is 0 Å². The van der Waals surface area contributed by atoms with Crippen LogP contribution in [-0.4, -0.2) is 11.8 Å². The van der Waals surface area contributed by atoms with Crippen molar-refractivity contribution in [3.63, 3.8) is 0 Å². The maximum absolute atomic E-state index is 12.6. The number of alkyl halides is 3. The minimum Gasteiger partial charge on any atom is -0.166 e. The van der Waals surface area contributed by atoms with Crippen molar-refractivity contribution in [2.24, 2.45) is 20.7 Å². The minimum absolute atomic E-state index is 0.163. The molecule has 0 aromatic rings. The van der Waals surface area contributed by atoms with Gasteiger partial charge in [0.05, 0.1) is 0 Å². The molecule has 0 bridgehead atoms. The zero-order valence-electron chi connectivity index (χ0n) is 8.46. The average molecular weight is 222 g/mol. The molecule has 0 saturated heterocycles. The lowest BCUT2D eigenvalue weighted by molar-refractivity contribution is -0.185. The molecule has 4 nitrogen and oxygen atoms in total. The van der Waals surface area contributed by atoms with Gasteiger partial charge in [0.1, 0.15) is 0 Å². The molecule has 0 atom stereocenters. The highest BCUT2D eigenvalue weighted by Crippen LogP contribution is 2.41. The van der Waals surface area contributed by atoms with Crippen LogP contribution in [0.1, 0.15) is 39.0 Å². The number of halogens is 3. The Balaban J connectivity index is 2.53. The zero-order chi connectivity index (χ0) is 11.4. The Kier molecular flexibility index (Phi) is 3.76. The summed E-state index contributed by atoms with van der Waals surface area (Å²) in [6, 6.07) is 0. The van der Waals surface area contributed by atoms with Gasteiger partial charge in [0.15, 0.2) is 0 Å². The van der Waals surface area contributed by atoms with Gasteiger partial charge >= 0.3 is 6.18 Å². The highest BCUT2D eigenvalue weighted by Gasteiger charge is 2.58. The second-order valence-corrected chi connectivity index (χ2v) is 3.50.